The van der Waals surface area contributed by atoms with E-state index in [1.165, 1.54) is 6.42 Å². The van der Waals surface area contributed by atoms with Gasteiger partial charge in [-0.05, 0) is 25.8 Å². The van der Waals surface area contributed by atoms with E-state index in [0.29, 0.717) is 0 Å². The highest BCUT2D eigenvalue weighted by Crippen LogP contribution is 2.25. The number of ether oxygens (including phenoxy) is 2. The fraction of sp³-hybridized carbons (Fsp3) is 0.556. The molecule has 2 rings (SSSR count). The van der Waals surface area contributed by atoms with Gasteiger partial charge < -0.3 is 14.8 Å². The Morgan fingerprint density at radius 1 is 1.22 bits per heavy atom. The van der Waals surface area contributed by atoms with Crippen LogP contribution in [0.4, 0.5) is 0 Å². The molecule has 1 fully saturated rings. The molecule has 0 aliphatic heterocycles. The highest BCUT2D eigenvalue weighted by Gasteiger charge is 2.23. The summed E-state index contributed by atoms with van der Waals surface area (Å²) in [5, 5.41) is 2.83. The second kappa shape index (κ2) is 8.56. The Labute approximate surface area is 137 Å². The molecule has 5 nitrogen and oxygen atoms in total. The van der Waals surface area contributed by atoms with Crippen molar-refractivity contribution in [3.63, 3.8) is 0 Å². The van der Waals surface area contributed by atoms with E-state index in [0.717, 1.165) is 37.0 Å². The first-order valence-corrected chi connectivity index (χ1v) is 8.20. The van der Waals surface area contributed by atoms with Gasteiger partial charge in [0.25, 0.3) is 5.91 Å². The van der Waals surface area contributed by atoms with E-state index in [9.17, 15) is 9.59 Å². The number of nitrogens with one attached hydrogen (secondary N) is 1. The maximum atomic E-state index is 12.0. The summed E-state index contributed by atoms with van der Waals surface area (Å²) in [6.45, 7) is 1.65. The summed E-state index contributed by atoms with van der Waals surface area (Å²) in [5.41, 5.74) is 0.891. The summed E-state index contributed by atoms with van der Waals surface area (Å²) >= 11 is 0. The average Bonchev–Trinajstić information content (AvgIpc) is 2.60. The molecule has 5 heteroatoms. The Morgan fingerprint density at radius 3 is 2.61 bits per heavy atom. The summed E-state index contributed by atoms with van der Waals surface area (Å²) in [5.74, 6) is 0.139. The number of methoxy groups -OCH3 is 1. The lowest BCUT2D eigenvalue weighted by atomic mass is 9.89. The number of esters is 1. The third-order valence-corrected chi connectivity index (χ3v) is 4.27. The summed E-state index contributed by atoms with van der Waals surface area (Å²) in [7, 11) is 1.60. The van der Waals surface area contributed by atoms with Gasteiger partial charge in [0.2, 0.25) is 0 Å². The van der Waals surface area contributed by atoms with Gasteiger partial charge in [-0.15, -0.1) is 0 Å². The van der Waals surface area contributed by atoms with Crippen LogP contribution in [0.5, 0.6) is 5.75 Å². The maximum Gasteiger partial charge on any atom is 0.309 e. The standard InChI is InChI=1S/C18H25NO4/c1-13(15-10-6-7-11-16(15)22-2)19-17(20)12-23-18(21)14-8-4-3-5-9-14/h6-7,10-11,13-14H,3-5,8-9,12H2,1-2H3,(H,19,20). The molecule has 126 valence electrons. The molecule has 1 saturated carbocycles. The van der Waals surface area contributed by atoms with Gasteiger partial charge in [0.15, 0.2) is 6.61 Å². The minimum absolute atomic E-state index is 0.0387. The predicted octanol–water partition coefficient (Wildman–Crippen LogP) is 3.00. The van der Waals surface area contributed by atoms with Crippen molar-refractivity contribution in [1.29, 1.82) is 0 Å². The van der Waals surface area contributed by atoms with Crippen molar-refractivity contribution in [2.24, 2.45) is 5.92 Å². The molecular weight excluding hydrogens is 294 g/mol. The number of rotatable bonds is 6. The Bertz CT molecular complexity index is 538. The van der Waals surface area contributed by atoms with Crippen molar-refractivity contribution < 1.29 is 19.1 Å². The van der Waals surface area contributed by atoms with Gasteiger partial charge in [0.1, 0.15) is 5.75 Å². The van der Waals surface area contributed by atoms with E-state index < -0.39 is 0 Å². The van der Waals surface area contributed by atoms with Gasteiger partial charge in [-0.1, -0.05) is 37.5 Å². The summed E-state index contributed by atoms with van der Waals surface area (Å²) < 4.78 is 10.4. The second-order valence-corrected chi connectivity index (χ2v) is 5.97. The first kappa shape index (κ1) is 17.3. The zero-order valence-electron chi connectivity index (χ0n) is 13.8. The molecule has 1 aliphatic carbocycles. The molecular formula is C18H25NO4. The van der Waals surface area contributed by atoms with Crippen LogP contribution < -0.4 is 10.1 Å². The lowest BCUT2D eigenvalue weighted by Crippen LogP contribution is -2.32. The largest absolute Gasteiger partial charge is 0.496 e. The number of amides is 1. The van der Waals surface area contributed by atoms with Crippen LogP contribution in [0.15, 0.2) is 24.3 Å². The number of para-hydroxylation sites is 1. The van der Waals surface area contributed by atoms with Gasteiger partial charge in [-0.25, -0.2) is 0 Å². The number of carbonyl (C=O) groups excluding carboxylic acids is 2. The van der Waals surface area contributed by atoms with Crippen LogP contribution >= 0.6 is 0 Å². The molecule has 23 heavy (non-hydrogen) atoms. The van der Waals surface area contributed by atoms with E-state index in [4.69, 9.17) is 9.47 Å². The van der Waals surface area contributed by atoms with E-state index in [1.54, 1.807) is 7.11 Å². The van der Waals surface area contributed by atoms with Crippen molar-refractivity contribution in [1.82, 2.24) is 5.32 Å². The van der Waals surface area contributed by atoms with E-state index >= 15 is 0 Å². The van der Waals surface area contributed by atoms with Crippen molar-refractivity contribution in [2.75, 3.05) is 13.7 Å². The Kier molecular flexibility index (Phi) is 6.44. The van der Waals surface area contributed by atoms with Gasteiger partial charge in [-0.2, -0.15) is 0 Å². The Balaban J connectivity index is 1.81. The van der Waals surface area contributed by atoms with Gasteiger partial charge in [0, 0.05) is 5.56 Å². The molecule has 0 heterocycles. The molecule has 1 aliphatic rings. The van der Waals surface area contributed by atoms with Crippen molar-refractivity contribution >= 4 is 11.9 Å². The maximum absolute atomic E-state index is 12.0. The molecule has 1 aromatic rings. The Morgan fingerprint density at radius 2 is 1.91 bits per heavy atom. The molecule has 0 spiro atoms. The van der Waals surface area contributed by atoms with Gasteiger partial charge in [-0.3, -0.25) is 9.59 Å². The zero-order valence-corrected chi connectivity index (χ0v) is 13.8. The normalized spacial score (nSPS) is 16.4. The van der Waals surface area contributed by atoms with Crippen LogP contribution in [-0.4, -0.2) is 25.6 Å². The zero-order chi connectivity index (χ0) is 16.7. The van der Waals surface area contributed by atoms with Crippen LogP contribution in [0.1, 0.15) is 50.6 Å². The van der Waals surface area contributed by atoms with Gasteiger partial charge in [0.05, 0.1) is 19.1 Å². The van der Waals surface area contributed by atoms with E-state index in [-0.39, 0.29) is 30.4 Å². The molecule has 1 N–H and O–H groups in total. The van der Waals surface area contributed by atoms with Crippen LogP contribution in [0.3, 0.4) is 0 Å². The number of benzene rings is 1. The van der Waals surface area contributed by atoms with Gasteiger partial charge >= 0.3 is 5.97 Å². The van der Waals surface area contributed by atoms with Crippen LogP contribution in [0, 0.1) is 5.92 Å². The lowest BCUT2D eigenvalue weighted by molar-refractivity contribution is -0.153. The molecule has 1 amide bonds. The fourth-order valence-corrected chi connectivity index (χ4v) is 2.98. The topological polar surface area (TPSA) is 64.6 Å². The number of carbonyl (C=O) groups is 2. The summed E-state index contributed by atoms with van der Waals surface area (Å²) in [4.78, 5) is 23.9. The highest BCUT2D eigenvalue weighted by atomic mass is 16.5. The average molecular weight is 319 g/mol. The first-order chi connectivity index (χ1) is 11.1. The molecule has 0 radical (unpaired) electrons. The quantitative estimate of drug-likeness (QED) is 0.819. The predicted molar refractivity (Wildman–Crippen MR) is 87.1 cm³/mol. The minimum atomic E-state index is -0.299. The van der Waals surface area contributed by atoms with Crippen molar-refractivity contribution in [3.8, 4) is 5.75 Å². The molecule has 1 unspecified atom stereocenters. The molecule has 0 saturated heterocycles. The third kappa shape index (κ3) is 4.98. The van der Waals surface area contributed by atoms with E-state index in [1.807, 2.05) is 31.2 Å². The third-order valence-electron chi connectivity index (χ3n) is 4.27. The van der Waals surface area contributed by atoms with Crippen LogP contribution in [0.25, 0.3) is 0 Å². The SMILES string of the molecule is COc1ccccc1C(C)NC(=O)COC(=O)C1CCCCC1. The van der Waals surface area contributed by atoms with Crippen molar-refractivity contribution in [2.45, 2.75) is 45.1 Å². The molecule has 0 bridgehead atoms. The Hall–Kier alpha value is -2.04. The summed E-state index contributed by atoms with van der Waals surface area (Å²) in [6, 6.07) is 7.30. The number of hydrogen-bond acceptors (Lipinski definition) is 4. The molecule has 1 atom stereocenters. The van der Waals surface area contributed by atoms with Crippen LogP contribution in [0.2, 0.25) is 0 Å². The monoisotopic (exact) mass is 319 g/mol. The fourth-order valence-electron chi connectivity index (χ4n) is 2.98. The first-order valence-electron chi connectivity index (χ1n) is 8.20. The summed E-state index contributed by atoms with van der Waals surface area (Å²) in [6.07, 6.45) is 5.06. The van der Waals surface area contributed by atoms with Crippen molar-refractivity contribution in [3.05, 3.63) is 29.8 Å². The highest BCUT2D eigenvalue weighted by molar-refractivity contribution is 5.81. The van der Waals surface area contributed by atoms with Crippen LogP contribution in [-0.2, 0) is 14.3 Å². The second-order valence-electron chi connectivity index (χ2n) is 5.97. The number of hydrogen-bond donors (Lipinski definition) is 1. The van der Waals surface area contributed by atoms with E-state index in [2.05, 4.69) is 5.32 Å². The smallest absolute Gasteiger partial charge is 0.309 e. The lowest BCUT2D eigenvalue weighted by Gasteiger charge is -2.20. The molecule has 1 aromatic carbocycles. The molecule has 0 aromatic heterocycles. The minimum Gasteiger partial charge on any atom is -0.496 e.